The molecule has 2 aromatic heterocycles. The SMILES string of the molecule is CC(C)c1nc(C(=O)N2CCCC(c3n[nH]c(=O)o3)C2)cs1. The molecule has 3 heterocycles. The highest BCUT2D eigenvalue weighted by Crippen LogP contribution is 2.26. The van der Waals surface area contributed by atoms with Crippen molar-refractivity contribution in [2.75, 3.05) is 13.1 Å². The molecular formula is C14H18N4O3S. The molecular weight excluding hydrogens is 304 g/mol. The van der Waals surface area contributed by atoms with E-state index in [4.69, 9.17) is 4.42 Å². The number of hydrogen-bond donors (Lipinski definition) is 1. The molecule has 0 aromatic carbocycles. The normalized spacial score (nSPS) is 18.9. The Bertz CT molecular complexity index is 717. The second-order valence-corrected chi connectivity index (χ2v) is 6.66. The predicted molar refractivity (Wildman–Crippen MR) is 81.2 cm³/mol. The monoisotopic (exact) mass is 322 g/mol. The first-order chi connectivity index (χ1) is 10.5. The van der Waals surface area contributed by atoms with Crippen LogP contribution in [0.1, 0.15) is 59.9 Å². The van der Waals surface area contributed by atoms with Gasteiger partial charge in [-0.1, -0.05) is 13.8 Å². The van der Waals surface area contributed by atoms with Crippen LogP contribution in [0.4, 0.5) is 0 Å². The van der Waals surface area contributed by atoms with Crippen molar-refractivity contribution in [3.63, 3.8) is 0 Å². The van der Waals surface area contributed by atoms with Gasteiger partial charge in [-0.05, 0) is 12.8 Å². The molecule has 1 amide bonds. The quantitative estimate of drug-likeness (QED) is 0.932. The Morgan fingerprint density at radius 1 is 1.55 bits per heavy atom. The van der Waals surface area contributed by atoms with Crippen molar-refractivity contribution in [2.45, 2.75) is 38.5 Å². The van der Waals surface area contributed by atoms with Crippen molar-refractivity contribution in [1.29, 1.82) is 0 Å². The van der Waals surface area contributed by atoms with Gasteiger partial charge in [-0.3, -0.25) is 4.79 Å². The molecule has 3 rings (SSSR count). The number of hydrogen-bond acceptors (Lipinski definition) is 6. The van der Waals surface area contributed by atoms with Gasteiger partial charge in [0.1, 0.15) is 5.69 Å². The van der Waals surface area contributed by atoms with E-state index in [2.05, 4.69) is 29.0 Å². The third-order valence-corrected chi connectivity index (χ3v) is 4.89. The molecule has 0 radical (unpaired) electrons. The summed E-state index contributed by atoms with van der Waals surface area (Å²) in [5, 5.41) is 8.93. The van der Waals surface area contributed by atoms with Crippen molar-refractivity contribution < 1.29 is 9.21 Å². The number of nitrogens with zero attached hydrogens (tertiary/aromatic N) is 3. The first-order valence-corrected chi connectivity index (χ1v) is 8.22. The third-order valence-electron chi connectivity index (χ3n) is 3.75. The molecule has 8 heteroatoms. The lowest BCUT2D eigenvalue weighted by atomic mass is 9.98. The van der Waals surface area contributed by atoms with Crippen molar-refractivity contribution >= 4 is 17.2 Å². The van der Waals surface area contributed by atoms with Gasteiger partial charge in [0.15, 0.2) is 0 Å². The molecule has 2 aromatic rings. The molecule has 118 valence electrons. The summed E-state index contributed by atoms with van der Waals surface area (Å²) < 4.78 is 5.02. The van der Waals surface area contributed by atoms with Gasteiger partial charge in [-0.25, -0.2) is 14.9 Å². The number of aromatic amines is 1. The first kappa shape index (κ1) is 15.0. The molecule has 1 N–H and O–H groups in total. The highest BCUT2D eigenvalue weighted by molar-refractivity contribution is 7.09. The Labute approximate surface area is 131 Å². The van der Waals surface area contributed by atoms with Crippen LogP contribution in [-0.2, 0) is 0 Å². The Morgan fingerprint density at radius 2 is 2.36 bits per heavy atom. The van der Waals surface area contributed by atoms with Gasteiger partial charge in [-0.2, -0.15) is 0 Å². The molecule has 0 saturated carbocycles. The molecule has 7 nitrogen and oxygen atoms in total. The van der Waals surface area contributed by atoms with Crippen LogP contribution in [0.3, 0.4) is 0 Å². The minimum absolute atomic E-state index is 0.0418. The molecule has 0 aliphatic carbocycles. The molecule has 0 bridgehead atoms. The van der Waals surface area contributed by atoms with E-state index in [1.807, 2.05) is 5.38 Å². The molecule has 1 unspecified atom stereocenters. The van der Waals surface area contributed by atoms with E-state index in [1.54, 1.807) is 4.90 Å². The van der Waals surface area contributed by atoms with Crippen LogP contribution in [0.25, 0.3) is 0 Å². The van der Waals surface area contributed by atoms with Gasteiger partial charge < -0.3 is 9.32 Å². The van der Waals surface area contributed by atoms with Crippen LogP contribution in [-0.4, -0.2) is 39.1 Å². The summed E-state index contributed by atoms with van der Waals surface area (Å²) in [5.41, 5.74) is 0.498. The average molecular weight is 322 g/mol. The lowest BCUT2D eigenvalue weighted by Gasteiger charge is -2.30. The van der Waals surface area contributed by atoms with Crippen molar-refractivity contribution in [3.8, 4) is 0 Å². The zero-order valence-corrected chi connectivity index (χ0v) is 13.4. The highest BCUT2D eigenvalue weighted by Gasteiger charge is 2.29. The van der Waals surface area contributed by atoms with Gasteiger partial charge in [-0.15, -0.1) is 16.4 Å². The topological polar surface area (TPSA) is 92.1 Å². The Morgan fingerprint density at radius 3 is 3.00 bits per heavy atom. The van der Waals surface area contributed by atoms with Crippen LogP contribution < -0.4 is 5.76 Å². The highest BCUT2D eigenvalue weighted by atomic mass is 32.1. The first-order valence-electron chi connectivity index (χ1n) is 7.34. The maximum absolute atomic E-state index is 12.6. The summed E-state index contributed by atoms with van der Waals surface area (Å²) in [4.78, 5) is 29.8. The fraction of sp³-hybridized carbons (Fsp3) is 0.571. The van der Waals surface area contributed by atoms with Crippen LogP contribution in [0.15, 0.2) is 14.6 Å². The maximum atomic E-state index is 12.6. The van der Waals surface area contributed by atoms with E-state index >= 15 is 0 Å². The second-order valence-electron chi connectivity index (χ2n) is 5.77. The molecule has 0 spiro atoms. The number of likely N-dealkylation sites (tertiary alicyclic amines) is 1. The number of nitrogens with one attached hydrogen (secondary N) is 1. The zero-order valence-electron chi connectivity index (χ0n) is 12.5. The van der Waals surface area contributed by atoms with Crippen molar-refractivity contribution in [3.05, 3.63) is 32.5 Å². The second kappa shape index (κ2) is 6.04. The Kier molecular flexibility index (Phi) is 4.10. The Hall–Kier alpha value is -1.96. The number of aromatic nitrogens is 3. The lowest BCUT2D eigenvalue weighted by Crippen LogP contribution is -2.39. The fourth-order valence-electron chi connectivity index (χ4n) is 2.59. The Balaban J connectivity index is 1.73. The van der Waals surface area contributed by atoms with E-state index in [-0.39, 0.29) is 11.8 Å². The molecule has 1 saturated heterocycles. The van der Waals surface area contributed by atoms with Crippen LogP contribution >= 0.6 is 11.3 Å². The third kappa shape index (κ3) is 2.96. The van der Waals surface area contributed by atoms with Crippen LogP contribution in [0.5, 0.6) is 0 Å². The summed E-state index contributed by atoms with van der Waals surface area (Å²) >= 11 is 1.51. The number of piperidine rings is 1. The van der Waals surface area contributed by atoms with E-state index in [0.717, 1.165) is 17.8 Å². The summed E-state index contributed by atoms with van der Waals surface area (Å²) in [6, 6.07) is 0. The smallest absolute Gasteiger partial charge is 0.392 e. The zero-order chi connectivity index (χ0) is 15.7. The van der Waals surface area contributed by atoms with E-state index in [1.165, 1.54) is 11.3 Å². The molecule has 22 heavy (non-hydrogen) atoms. The number of rotatable bonds is 3. The minimum atomic E-state index is -0.556. The largest absolute Gasteiger partial charge is 0.434 e. The fourth-order valence-corrected chi connectivity index (χ4v) is 3.40. The summed E-state index contributed by atoms with van der Waals surface area (Å²) in [5.74, 6) is 0.0350. The molecule has 1 atom stereocenters. The van der Waals surface area contributed by atoms with Crippen LogP contribution in [0, 0.1) is 0 Å². The van der Waals surface area contributed by atoms with Gasteiger partial charge in [0.2, 0.25) is 5.89 Å². The average Bonchev–Trinajstić information content (AvgIpc) is 3.15. The summed E-state index contributed by atoms with van der Waals surface area (Å²) in [6.45, 7) is 5.31. The molecule has 1 fully saturated rings. The summed E-state index contributed by atoms with van der Waals surface area (Å²) in [7, 11) is 0. The van der Waals surface area contributed by atoms with Crippen molar-refractivity contribution in [1.82, 2.24) is 20.1 Å². The maximum Gasteiger partial charge on any atom is 0.434 e. The number of carbonyl (C=O) groups excluding carboxylic acids is 1. The molecule has 1 aliphatic heterocycles. The van der Waals surface area contributed by atoms with E-state index in [9.17, 15) is 9.59 Å². The number of carbonyl (C=O) groups is 1. The van der Waals surface area contributed by atoms with Gasteiger partial charge in [0.05, 0.1) is 10.9 Å². The number of H-pyrrole nitrogens is 1. The van der Waals surface area contributed by atoms with Gasteiger partial charge >= 0.3 is 5.76 Å². The predicted octanol–water partition coefficient (Wildman–Crippen LogP) is 1.96. The number of amides is 1. The lowest BCUT2D eigenvalue weighted by molar-refractivity contribution is 0.0692. The minimum Gasteiger partial charge on any atom is -0.392 e. The van der Waals surface area contributed by atoms with E-state index in [0.29, 0.717) is 30.6 Å². The number of thiazole rings is 1. The van der Waals surface area contributed by atoms with E-state index < -0.39 is 5.76 Å². The van der Waals surface area contributed by atoms with Gasteiger partial charge in [0, 0.05) is 24.4 Å². The van der Waals surface area contributed by atoms with Crippen LogP contribution in [0.2, 0.25) is 0 Å². The molecule has 1 aliphatic rings. The van der Waals surface area contributed by atoms with Crippen molar-refractivity contribution in [2.24, 2.45) is 0 Å². The van der Waals surface area contributed by atoms with Gasteiger partial charge in [0.25, 0.3) is 5.91 Å². The standard InChI is InChI=1S/C14H18N4O3S/c1-8(2)12-15-10(7-22-12)13(19)18-5-3-4-9(6-18)11-16-17-14(20)21-11/h7-9H,3-6H2,1-2H3,(H,17,20). The summed E-state index contributed by atoms with van der Waals surface area (Å²) in [6.07, 6.45) is 1.71.